The maximum Gasteiger partial charge on any atom is 0.253 e. The Kier molecular flexibility index (Phi) is 5.52. The van der Waals surface area contributed by atoms with Crippen molar-refractivity contribution in [2.24, 2.45) is 11.8 Å². The number of hydrogen-bond donors (Lipinski definition) is 0. The van der Waals surface area contributed by atoms with E-state index in [1.54, 1.807) is 18.2 Å². The fourth-order valence-electron chi connectivity index (χ4n) is 4.55. The number of carbonyl (C=O) groups excluding carboxylic acids is 1. The van der Waals surface area contributed by atoms with Crippen LogP contribution in [0.5, 0.6) is 5.75 Å². The summed E-state index contributed by atoms with van der Waals surface area (Å²) >= 11 is 6.10. The average molecular weight is 409 g/mol. The molecule has 0 bridgehead atoms. The van der Waals surface area contributed by atoms with E-state index in [4.69, 9.17) is 21.6 Å². The number of amides is 1. The van der Waals surface area contributed by atoms with Crippen LogP contribution in [-0.4, -0.2) is 30.0 Å². The number of nitriles is 1. The highest BCUT2D eigenvalue weighted by Gasteiger charge is 2.43. The number of halogens is 1. The molecule has 2 aliphatic rings. The Bertz CT molecular complexity index is 934. The molecule has 1 aliphatic carbocycles. The third-order valence-electron chi connectivity index (χ3n) is 6.18. The van der Waals surface area contributed by atoms with Crippen LogP contribution in [0.25, 0.3) is 0 Å². The molecule has 2 aromatic carbocycles. The summed E-state index contributed by atoms with van der Waals surface area (Å²) in [6, 6.07) is 15.3. The standard InChI is InChI=1S/C24H25ClN2O2/c1-15(2)16-3-5-17(6-4-16)24(28)27-13-19-9-22(10-20(19)14-27)29-21-8-7-18(12-26)23(25)11-21/h3-8,11,15,19-20,22H,9-10,13-14H2,1-2H3/t19-,20+,22+. The third-order valence-corrected chi connectivity index (χ3v) is 6.50. The van der Waals surface area contributed by atoms with Crippen molar-refractivity contribution >= 4 is 17.5 Å². The molecular formula is C24H25ClN2O2. The number of fused-ring (bicyclic) bond motifs is 1. The molecule has 2 fully saturated rings. The van der Waals surface area contributed by atoms with E-state index in [1.165, 1.54) is 5.56 Å². The van der Waals surface area contributed by atoms with Crippen molar-refractivity contribution in [1.29, 1.82) is 5.26 Å². The average Bonchev–Trinajstić information content (AvgIpc) is 3.26. The van der Waals surface area contributed by atoms with Crippen LogP contribution in [0, 0.1) is 23.2 Å². The number of nitrogens with zero attached hydrogens (tertiary/aromatic N) is 2. The van der Waals surface area contributed by atoms with Gasteiger partial charge in [0.2, 0.25) is 0 Å². The summed E-state index contributed by atoms with van der Waals surface area (Å²) in [5.41, 5.74) is 2.48. The SMILES string of the molecule is CC(C)c1ccc(C(=O)N2C[C@H]3C[C@H](Oc4ccc(C#N)c(Cl)c4)C[C@H]3C2)cc1. The summed E-state index contributed by atoms with van der Waals surface area (Å²) in [5, 5.41) is 9.40. The van der Waals surface area contributed by atoms with Gasteiger partial charge in [0.05, 0.1) is 16.7 Å². The summed E-state index contributed by atoms with van der Waals surface area (Å²) in [6.07, 6.45) is 2.02. The Hall–Kier alpha value is -2.51. The van der Waals surface area contributed by atoms with Gasteiger partial charge >= 0.3 is 0 Å². The summed E-state index contributed by atoms with van der Waals surface area (Å²) in [7, 11) is 0. The van der Waals surface area contributed by atoms with Gasteiger partial charge in [-0.15, -0.1) is 0 Å². The molecule has 2 aromatic rings. The molecule has 1 amide bonds. The van der Waals surface area contributed by atoms with Gasteiger partial charge in [-0.3, -0.25) is 4.79 Å². The zero-order valence-electron chi connectivity index (χ0n) is 16.8. The molecule has 1 saturated heterocycles. The lowest BCUT2D eigenvalue weighted by molar-refractivity contribution is 0.0769. The lowest BCUT2D eigenvalue weighted by atomic mass is 10.0. The molecule has 1 saturated carbocycles. The second-order valence-corrected chi connectivity index (χ2v) is 8.88. The van der Waals surface area contributed by atoms with Crippen LogP contribution in [0.3, 0.4) is 0 Å². The molecule has 29 heavy (non-hydrogen) atoms. The first-order valence-electron chi connectivity index (χ1n) is 10.2. The Morgan fingerprint density at radius 2 is 1.79 bits per heavy atom. The number of likely N-dealkylation sites (tertiary alicyclic amines) is 1. The minimum Gasteiger partial charge on any atom is -0.490 e. The van der Waals surface area contributed by atoms with E-state index < -0.39 is 0 Å². The van der Waals surface area contributed by atoms with Gasteiger partial charge in [0.15, 0.2) is 0 Å². The van der Waals surface area contributed by atoms with Crippen molar-refractivity contribution in [2.75, 3.05) is 13.1 Å². The highest BCUT2D eigenvalue weighted by atomic mass is 35.5. The number of carbonyl (C=O) groups is 1. The molecule has 0 spiro atoms. The molecule has 1 heterocycles. The van der Waals surface area contributed by atoms with E-state index in [1.807, 2.05) is 17.0 Å². The van der Waals surface area contributed by atoms with Crippen molar-refractivity contribution < 1.29 is 9.53 Å². The van der Waals surface area contributed by atoms with E-state index in [0.29, 0.717) is 34.1 Å². The first-order valence-corrected chi connectivity index (χ1v) is 10.6. The van der Waals surface area contributed by atoms with Gasteiger partial charge in [-0.2, -0.15) is 5.26 Å². The predicted molar refractivity (Wildman–Crippen MR) is 113 cm³/mol. The smallest absolute Gasteiger partial charge is 0.253 e. The van der Waals surface area contributed by atoms with Crippen LogP contribution in [0.4, 0.5) is 0 Å². The molecule has 150 valence electrons. The Morgan fingerprint density at radius 1 is 1.14 bits per heavy atom. The molecule has 5 heteroatoms. The van der Waals surface area contributed by atoms with E-state index in [9.17, 15) is 4.79 Å². The van der Waals surface area contributed by atoms with Gasteiger partial charge in [0.1, 0.15) is 11.8 Å². The van der Waals surface area contributed by atoms with Crippen molar-refractivity contribution in [1.82, 2.24) is 4.90 Å². The van der Waals surface area contributed by atoms with Gasteiger partial charge in [0, 0.05) is 24.7 Å². The molecule has 4 rings (SSSR count). The maximum absolute atomic E-state index is 12.9. The highest BCUT2D eigenvalue weighted by Crippen LogP contribution is 2.40. The van der Waals surface area contributed by atoms with Crippen LogP contribution >= 0.6 is 11.6 Å². The Morgan fingerprint density at radius 3 is 2.34 bits per heavy atom. The summed E-state index contributed by atoms with van der Waals surface area (Å²) in [6.45, 7) is 5.90. The van der Waals surface area contributed by atoms with Crippen molar-refractivity contribution in [3.63, 3.8) is 0 Å². The number of rotatable bonds is 4. The van der Waals surface area contributed by atoms with E-state index >= 15 is 0 Å². The molecule has 0 unspecified atom stereocenters. The number of hydrogen-bond acceptors (Lipinski definition) is 3. The first kappa shape index (κ1) is 19.8. The lowest BCUT2D eigenvalue weighted by Gasteiger charge is -2.20. The normalized spacial score (nSPS) is 23.1. The topological polar surface area (TPSA) is 53.3 Å². The van der Waals surface area contributed by atoms with Crippen LogP contribution in [-0.2, 0) is 0 Å². The predicted octanol–water partition coefficient (Wildman–Crippen LogP) is 5.26. The van der Waals surface area contributed by atoms with Gasteiger partial charge in [-0.05, 0) is 60.4 Å². The van der Waals surface area contributed by atoms with Crippen molar-refractivity contribution in [2.45, 2.75) is 38.7 Å². The second-order valence-electron chi connectivity index (χ2n) is 8.47. The number of benzene rings is 2. The van der Waals surface area contributed by atoms with E-state index in [-0.39, 0.29) is 12.0 Å². The zero-order chi connectivity index (χ0) is 20.5. The summed E-state index contributed by atoms with van der Waals surface area (Å²) < 4.78 is 6.11. The summed E-state index contributed by atoms with van der Waals surface area (Å²) in [4.78, 5) is 14.9. The van der Waals surface area contributed by atoms with Gasteiger partial charge in [-0.25, -0.2) is 0 Å². The molecule has 0 aromatic heterocycles. The van der Waals surface area contributed by atoms with Crippen LogP contribution in [0.2, 0.25) is 5.02 Å². The van der Waals surface area contributed by atoms with Gasteiger partial charge in [0.25, 0.3) is 5.91 Å². The minimum atomic E-state index is 0.131. The van der Waals surface area contributed by atoms with Crippen molar-refractivity contribution in [3.05, 3.63) is 64.2 Å². The molecule has 0 radical (unpaired) electrons. The largest absolute Gasteiger partial charge is 0.490 e. The monoisotopic (exact) mass is 408 g/mol. The molecule has 4 nitrogen and oxygen atoms in total. The maximum atomic E-state index is 12.9. The van der Waals surface area contributed by atoms with Gasteiger partial charge in [-0.1, -0.05) is 37.6 Å². The fraction of sp³-hybridized carbons (Fsp3) is 0.417. The zero-order valence-corrected chi connectivity index (χ0v) is 17.5. The minimum absolute atomic E-state index is 0.131. The van der Waals surface area contributed by atoms with Crippen LogP contribution < -0.4 is 4.74 Å². The lowest BCUT2D eigenvalue weighted by Crippen LogP contribution is -2.30. The van der Waals surface area contributed by atoms with E-state index in [0.717, 1.165) is 31.5 Å². The Labute approximate surface area is 177 Å². The molecular weight excluding hydrogens is 384 g/mol. The second kappa shape index (κ2) is 8.08. The van der Waals surface area contributed by atoms with Crippen molar-refractivity contribution in [3.8, 4) is 11.8 Å². The first-order chi connectivity index (χ1) is 13.9. The Balaban J connectivity index is 1.34. The molecule has 0 N–H and O–H groups in total. The van der Waals surface area contributed by atoms with Gasteiger partial charge < -0.3 is 9.64 Å². The highest BCUT2D eigenvalue weighted by molar-refractivity contribution is 6.31. The van der Waals surface area contributed by atoms with Crippen LogP contribution in [0.15, 0.2) is 42.5 Å². The summed E-state index contributed by atoms with van der Waals surface area (Å²) in [5.74, 6) is 2.26. The quantitative estimate of drug-likeness (QED) is 0.692. The molecule has 1 aliphatic heterocycles. The van der Waals surface area contributed by atoms with Crippen LogP contribution in [0.1, 0.15) is 54.1 Å². The number of ether oxygens (including phenoxy) is 1. The third kappa shape index (κ3) is 4.11. The molecule has 3 atom stereocenters. The van der Waals surface area contributed by atoms with E-state index in [2.05, 4.69) is 32.0 Å². The fourth-order valence-corrected chi connectivity index (χ4v) is 4.76.